The van der Waals surface area contributed by atoms with Crippen LogP contribution in [-0.4, -0.2) is 76.2 Å². The van der Waals surface area contributed by atoms with Gasteiger partial charge in [-0.3, -0.25) is 4.79 Å². The predicted molar refractivity (Wildman–Crippen MR) is 142 cm³/mol. The quantitative estimate of drug-likeness (QED) is 0.466. The number of aliphatic imine (C=N–C) groups is 1. The van der Waals surface area contributed by atoms with E-state index >= 15 is 0 Å². The monoisotopic (exact) mass is 522 g/mol. The highest BCUT2D eigenvalue weighted by molar-refractivity contribution is 5.94. The number of carbonyl (C=O) groups is 2. The highest BCUT2D eigenvalue weighted by atomic mass is 16.5. The molecule has 2 aliphatic carbocycles. The predicted octanol–water partition coefficient (Wildman–Crippen LogP) is 4.50. The van der Waals surface area contributed by atoms with Crippen LogP contribution in [0, 0.1) is 6.92 Å². The Morgan fingerprint density at radius 3 is 2.11 bits per heavy atom. The van der Waals surface area contributed by atoms with E-state index < -0.39 is 0 Å². The number of amides is 3. The van der Waals surface area contributed by atoms with Gasteiger partial charge in [-0.05, 0) is 37.8 Å². The molecule has 2 aromatic rings. The van der Waals surface area contributed by atoms with Crippen LogP contribution in [0.4, 0.5) is 4.79 Å². The number of isocyanates is 1. The summed E-state index contributed by atoms with van der Waals surface area (Å²) in [5, 5.41) is 7.04. The van der Waals surface area contributed by atoms with Gasteiger partial charge in [-0.15, -0.1) is 0 Å². The maximum absolute atomic E-state index is 12.8. The van der Waals surface area contributed by atoms with E-state index in [1.807, 2.05) is 17.0 Å². The Balaban J connectivity index is 0.000000317. The molecule has 5 rings (SSSR count). The molecule has 1 aromatic carbocycles. The molecule has 204 valence electrons. The van der Waals surface area contributed by atoms with Crippen molar-refractivity contribution in [3.8, 4) is 11.4 Å². The fourth-order valence-corrected chi connectivity index (χ4v) is 5.27. The molecule has 1 aliphatic heterocycles. The van der Waals surface area contributed by atoms with Crippen LogP contribution in [0.1, 0.15) is 80.5 Å². The number of piperazine rings is 1. The van der Waals surface area contributed by atoms with Crippen LogP contribution in [0.3, 0.4) is 0 Å². The highest BCUT2D eigenvalue weighted by Crippen LogP contribution is 2.20. The Hall–Kier alpha value is -3.52. The van der Waals surface area contributed by atoms with Crippen molar-refractivity contribution < 1.29 is 18.9 Å². The van der Waals surface area contributed by atoms with Gasteiger partial charge in [0.2, 0.25) is 17.8 Å². The van der Waals surface area contributed by atoms with Gasteiger partial charge in [0.25, 0.3) is 5.91 Å². The molecule has 3 fully saturated rings. The normalized spacial score (nSPS) is 18.7. The number of hydrogen-bond donors (Lipinski definition) is 1. The SMILES string of the molecule is Cc1nc(-c2ccc(C(=O)N3CCN(C(=O)NC4CCCCC4)CC3)cc2)no1.O=C=NC1CCCCC1. The first kappa shape index (κ1) is 27.5. The third kappa shape index (κ3) is 7.74. The molecule has 3 amide bonds. The third-order valence-corrected chi connectivity index (χ3v) is 7.51. The summed E-state index contributed by atoms with van der Waals surface area (Å²) >= 11 is 0. The van der Waals surface area contributed by atoms with Gasteiger partial charge in [0.1, 0.15) is 0 Å². The first-order valence-corrected chi connectivity index (χ1v) is 13.9. The largest absolute Gasteiger partial charge is 0.339 e. The van der Waals surface area contributed by atoms with Gasteiger partial charge in [0, 0.05) is 50.3 Å². The zero-order valence-electron chi connectivity index (χ0n) is 22.2. The van der Waals surface area contributed by atoms with Crippen LogP contribution >= 0.6 is 0 Å². The van der Waals surface area contributed by atoms with Crippen LogP contribution in [0.25, 0.3) is 11.4 Å². The smallest absolute Gasteiger partial charge is 0.317 e. The molecule has 1 saturated heterocycles. The van der Waals surface area contributed by atoms with E-state index in [1.54, 1.807) is 30.0 Å². The molecule has 0 radical (unpaired) electrons. The number of nitrogens with one attached hydrogen (secondary N) is 1. The first-order chi connectivity index (χ1) is 18.5. The van der Waals surface area contributed by atoms with Crippen molar-refractivity contribution in [2.24, 2.45) is 4.99 Å². The molecular weight excluding hydrogens is 484 g/mol. The van der Waals surface area contributed by atoms with Gasteiger partial charge < -0.3 is 19.6 Å². The molecule has 2 saturated carbocycles. The Kier molecular flexibility index (Phi) is 10.0. The minimum atomic E-state index is -0.0202. The fraction of sp³-hybridized carbons (Fsp3) is 0.607. The van der Waals surface area contributed by atoms with Crippen LogP contribution in [0.5, 0.6) is 0 Å². The third-order valence-electron chi connectivity index (χ3n) is 7.51. The number of rotatable bonds is 4. The minimum Gasteiger partial charge on any atom is -0.339 e. The van der Waals surface area contributed by atoms with Crippen molar-refractivity contribution in [3.05, 3.63) is 35.7 Å². The van der Waals surface area contributed by atoms with Crippen molar-refractivity contribution in [3.63, 3.8) is 0 Å². The summed E-state index contributed by atoms with van der Waals surface area (Å²) in [7, 11) is 0. The van der Waals surface area contributed by atoms with Crippen molar-refractivity contribution >= 4 is 18.0 Å². The zero-order chi connectivity index (χ0) is 26.7. The number of hydrogen-bond acceptors (Lipinski definition) is 7. The summed E-state index contributed by atoms with van der Waals surface area (Å²) in [6.07, 6.45) is 13.4. The lowest BCUT2D eigenvalue weighted by atomic mass is 9.96. The Morgan fingerprint density at radius 2 is 1.53 bits per heavy atom. The average Bonchev–Trinajstić information content (AvgIpc) is 3.41. The number of carbonyl (C=O) groups excluding carboxylic acids is 3. The molecule has 1 aromatic heterocycles. The fourth-order valence-electron chi connectivity index (χ4n) is 5.27. The van der Waals surface area contributed by atoms with Crippen molar-refractivity contribution in [2.75, 3.05) is 26.2 Å². The second kappa shape index (κ2) is 13.9. The Bertz CT molecular complexity index is 1090. The summed E-state index contributed by atoms with van der Waals surface area (Å²) in [6.45, 7) is 3.95. The molecule has 10 nitrogen and oxygen atoms in total. The van der Waals surface area contributed by atoms with Crippen molar-refractivity contribution in [1.29, 1.82) is 0 Å². The molecule has 0 bridgehead atoms. The van der Waals surface area contributed by atoms with Gasteiger partial charge in [-0.2, -0.15) is 4.98 Å². The molecule has 0 unspecified atom stereocenters. The van der Waals surface area contributed by atoms with Gasteiger partial charge in [0.15, 0.2) is 0 Å². The van der Waals surface area contributed by atoms with Gasteiger partial charge in [-0.1, -0.05) is 55.8 Å². The van der Waals surface area contributed by atoms with Crippen molar-refractivity contribution in [1.82, 2.24) is 25.3 Å². The number of aromatic nitrogens is 2. The molecule has 0 atom stereocenters. The average molecular weight is 523 g/mol. The molecule has 3 aliphatic rings. The lowest BCUT2D eigenvalue weighted by Crippen LogP contribution is -2.54. The molecule has 0 spiro atoms. The second-order valence-corrected chi connectivity index (χ2v) is 10.3. The van der Waals surface area contributed by atoms with E-state index in [4.69, 9.17) is 4.52 Å². The summed E-state index contributed by atoms with van der Waals surface area (Å²) in [6, 6.07) is 7.82. The number of urea groups is 1. The summed E-state index contributed by atoms with van der Waals surface area (Å²) in [5.41, 5.74) is 1.43. The molecule has 38 heavy (non-hydrogen) atoms. The molecule has 10 heteroatoms. The van der Waals surface area contributed by atoms with Crippen LogP contribution in [0.15, 0.2) is 33.8 Å². The standard InChI is InChI=1S/C21H27N5O3.C7H11NO/c1-15-22-19(24-29-15)16-7-9-17(10-8-16)20(27)25-11-13-26(14-12-25)21(28)23-18-5-3-2-4-6-18;9-6-8-7-4-2-1-3-5-7/h7-10,18H,2-6,11-14H2,1H3,(H,23,28);7H,1-5H2. The summed E-state index contributed by atoms with van der Waals surface area (Å²) in [4.78, 5) is 46.6. The number of nitrogens with zero attached hydrogens (tertiary/aromatic N) is 5. The van der Waals surface area contributed by atoms with Crippen LogP contribution in [0.2, 0.25) is 0 Å². The van der Waals surface area contributed by atoms with Crippen molar-refractivity contribution in [2.45, 2.75) is 83.2 Å². The summed E-state index contributed by atoms with van der Waals surface area (Å²) < 4.78 is 5.00. The topological polar surface area (TPSA) is 121 Å². The van der Waals surface area contributed by atoms with E-state index in [9.17, 15) is 14.4 Å². The van der Waals surface area contributed by atoms with E-state index in [-0.39, 0.29) is 11.9 Å². The maximum Gasteiger partial charge on any atom is 0.317 e. The lowest BCUT2D eigenvalue weighted by Gasteiger charge is -2.36. The molecule has 2 heterocycles. The second-order valence-electron chi connectivity index (χ2n) is 10.3. The molecule has 1 N–H and O–H groups in total. The van der Waals surface area contributed by atoms with E-state index in [0.717, 1.165) is 31.2 Å². The minimum absolute atomic E-state index is 0.00348. The maximum atomic E-state index is 12.8. The van der Waals surface area contributed by atoms with E-state index in [2.05, 4.69) is 20.4 Å². The summed E-state index contributed by atoms with van der Waals surface area (Å²) in [5.74, 6) is 0.998. The number of benzene rings is 1. The Labute approximate surface area is 223 Å². The van der Waals surface area contributed by atoms with E-state index in [1.165, 1.54) is 38.5 Å². The Morgan fingerprint density at radius 1 is 0.921 bits per heavy atom. The zero-order valence-corrected chi connectivity index (χ0v) is 22.2. The van der Waals surface area contributed by atoms with Gasteiger partial charge in [0.05, 0.1) is 6.04 Å². The molecular formula is C28H38N6O4. The first-order valence-electron chi connectivity index (χ1n) is 13.9. The number of aryl methyl sites for hydroxylation is 1. The highest BCUT2D eigenvalue weighted by Gasteiger charge is 2.26. The van der Waals surface area contributed by atoms with Gasteiger partial charge in [-0.25, -0.2) is 14.6 Å². The lowest BCUT2D eigenvalue weighted by molar-refractivity contribution is 0.0662. The van der Waals surface area contributed by atoms with E-state index in [0.29, 0.717) is 55.5 Å². The van der Waals surface area contributed by atoms with Crippen LogP contribution < -0.4 is 5.32 Å². The van der Waals surface area contributed by atoms with Crippen LogP contribution in [-0.2, 0) is 4.79 Å². The van der Waals surface area contributed by atoms with Gasteiger partial charge >= 0.3 is 6.03 Å².